The average molecular weight is 368 g/mol. The summed E-state index contributed by atoms with van der Waals surface area (Å²) < 4.78 is 1.02. The number of nitrogens with zero attached hydrogens (tertiary/aromatic N) is 1. The Morgan fingerprint density at radius 3 is 2.91 bits per heavy atom. The molecule has 0 atom stereocenters. The van der Waals surface area contributed by atoms with Gasteiger partial charge in [0.1, 0.15) is 0 Å². The molecule has 7 heteroatoms. The summed E-state index contributed by atoms with van der Waals surface area (Å²) in [6.07, 6.45) is 2.58. The Labute approximate surface area is 136 Å². The number of carbonyl (C=O) groups excluding carboxylic acids is 1. The van der Waals surface area contributed by atoms with Gasteiger partial charge in [-0.2, -0.15) is 0 Å². The van der Waals surface area contributed by atoms with E-state index in [-0.39, 0.29) is 19.0 Å². The van der Waals surface area contributed by atoms with Crippen molar-refractivity contribution in [2.24, 2.45) is 0 Å². The zero-order valence-corrected chi connectivity index (χ0v) is 13.8. The summed E-state index contributed by atoms with van der Waals surface area (Å²) in [6.45, 7) is 0.685. The number of carboxylic acids is 1. The molecule has 118 valence electrons. The van der Waals surface area contributed by atoms with Crippen LogP contribution in [-0.4, -0.2) is 47.1 Å². The molecule has 1 aromatic heterocycles. The van der Waals surface area contributed by atoms with Gasteiger partial charge >= 0.3 is 12.0 Å². The predicted octanol–water partition coefficient (Wildman–Crippen LogP) is 2.59. The van der Waals surface area contributed by atoms with E-state index >= 15 is 0 Å². The number of rotatable bonds is 6. The molecule has 0 saturated heterocycles. The minimum absolute atomic E-state index is 0.0562. The van der Waals surface area contributed by atoms with Gasteiger partial charge in [-0.3, -0.25) is 4.79 Å². The highest BCUT2D eigenvalue weighted by Crippen LogP contribution is 2.26. The number of carbonyl (C=O) groups is 2. The minimum Gasteiger partial charge on any atom is -0.481 e. The molecule has 0 aliphatic rings. The van der Waals surface area contributed by atoms with Crippen molar-refractivity contribution < 1.29 is 14.7 Å². The number of carboxylic acid groups (broad SMARTS) is 1. The van der Waals surface area contributed by atoms with Crippen LogP contribution < -0.4 is 5.32 Å². The van der Waals surface area contributed by atoms with E-state index in [0.29, 0.717) is 13.0 Å². The lowest BCUT2D eigenvalue weighted by atomic mass is 10.1. The summed E-state index contributed by atoms with van der Waals surface area (Å²) in [6, 6.07) is 5.69. The minimum atomic E-state index is -0.914. The molecule has 22 heavy (non-hydrogen) atoms. The molecule has 0 bridgehead atoms. The number of aromatic nitrogens is 1. The van der Waals surface area contributed by atoms with Crippen LogP contribution in [0.5, 0.6) is 0 Å². The summed E-state index contributed by atoms with van der Waals surface area (Å²) in [5.74, 6) is -0.914. The first kappa shape index (κ1) is 16.4. The molecule has 1 aromatic carbocycles. The van der Waals surface area contributed by atoms with Crippen LogP contribution >= 0.6 is 15.9 Å². The fourth-order valence-corrected chi connectivity index (χ4v) is 2.83. The highest BCUT2D eigenvalue weighted by Gasteiger charge is 2.11. The summed E-state index contributed by atoms with van der Waals surface area (Å²) in [7, 11) is 1.58. The molecule has 0 unspecified atom stereocenters. The third-order valence-electron chi connectivity index (χ3n) is 3.41. The standard InChI is InChI=1S/C15H18BrN3O3/c1-19(8-6-13(20)21)15(22)17-7-5-10-9-18-12-4-2-3-11(16)14(10)12/h2-4,9,18H,5-8H2,1H3,(H,17,22)(H,20,21). The summed E-state index contributed by atoms with van der Waals surface area (Å²) >= 11 is 3.53. The number of aromatic amines is 1. The molecule has 2 aromatic rings. The van der Waals surface area contributed by atoms with Gasteiger partial charge < -0.3 is 20.3 Å². The molecular formula is C15H18BrN3O3. The van der Waals surface area contributed by atoms with Crippen molar-refractivity contribution in [1.29, 1.82) is 0 Å². The van der Waals surface area contributed by atoms with Crippen molar-refractivity contribution in [2.45, 2.75) is 12.8 Å². The largest absolute Gasteiger partial charge is 0.481 e. The van der Waals surface area contributed by atoms with Crippen LogP contribution in [-0.2, 0) is 11.2 Å². The Morgan fingerprint density at radius 1 is 1.41 bits per heavy atom. The SMILES string of the molecule is CN(CCC(=O)O)C(=O)NCCc1c[nH]c2cccc(Br)c12. The van der Waals surface area contributed by atoms with E-state index in [9.17, 15) is 9.59 Å². The van der Waals surface area contributed by atoms with Crippen LogP contribution in [0, 0.1) is 0 Å². The first-order valence-corrected chi connectivity index (χ1v) is 7.73. The Balaban J connectivity index is 1.87. The maximum absolute atomic E-state index is 11.8. The first-order chi connectivity index (χ1) is 10.5. The highest BCUT2D eigenvalue weighted by molar-refractivity contribution is 9.10. The molecule has 2 rings (SSSR count). The normalized spacial score (nSPS) is 10.6. The summed E-state index contributed by atoms with van der Waals surface area (Å²) in [5.41, 5.74) is 2.17. The zero-order chi connectivity index (χ0) is 16.1. The van der Waals surface area contributed by atoms with Gasteiger partial charge in [-0.05, 0) is 24.1 Å². The van der Waals surface area contributed by atoms with E-state index in [1.54, 1.807) is 7.05 Å². The molecule has 6 nitrogen and oxygen atoms in total. The number of benzene rings is 1. The van der Waals surface area contributed by atoms with Gasteiger partial charge in [-0.1, -0.05) is 22.0 Å². The molecule has 0 saturated carbocycles. The van der Waals surface area contributed by atoms with Gasteiger partial charge in [0.2, 0.25) is 0 Å². The Morgan fingerprint density at radius 2 is 2.18 bits per heavy atom. The quantitative estimate of drug-likeness (QED) is 0.733. The van der Waals surface area contributed by atoms with Crippen LogP contribution in [0.3, 0.4) is 0 Å². The third-order valence-corrected chi connectivity index (χ3v) is 4.08. The number of urea groups is 1. The molecule has 2 amide bonds. The van der Waals surface area contributed by atoms with Gasteiger partial charge in [0.25, 0.3) is 0 Å². The number of fused-ring (bicyclic) bond motifs is 1. The lowest BCUT2D eigenvalue weighted by molar-refractivity contribution is -0.137. The Hall–Kier alpha value is -2.02. The highest BCUT2D eigenvalue weighted by atomic mass is 79.9. The average Bonchev–Trinajstić information content (AvgIpc) is 2.89. The number of hydrogen-bond donors (Lipinski definition) is 3. The van der Waals surface area contributed by atoms with Crippen molar-refractivity contribution in [1.82, 2.24) is 15.2 Å². The molecule has 0 aliphatic heterocycles. The van der Waals surface area contributed by atoms with Crippen LogP contribution in [0.2, 0.25) is 0 Å². The maximum atomic E-state index is 11.8. The number of aliphatic carboxylic acids is 1. The Kier molecular flexibility index (Phi) is 5.43. The first-order valence-electron chi connectivity index (χ1n) is 6.94. The molecule has 0 spiro atoms. The van der Waals surface area contributed by atoms with Crippen molar-refractivity contribution in [2.75, 3.05) is 20.1 Å². The third kappa shape index (κ3) is 4.00. The van der Waals surface area contributed by atoms with Gasteiger partial charge in [-0.15, -0.1) is 0 Å². The van der Waals surface area contributed by atoms with E-state index in [1.165, 1.54) is 4.90 Å². The van der Waals surface area contributed by atoms with Crippen LogP contribution in [0.4, 0.5) is 4.79 Å². The number of H-pyrrole nitrogens is 1. The van der Waals surface area contributed by atoms with Crippen LogP contribution in [0.15, 0.2) is 28.9 Å². The molecule has 1 heterocycles. The fraction of sp³-hybridized carbons (Fsp3) is 0.333. The van der Waals surface area contributed by atoms with Crippen molar-refractivity contribution in [3.8, 4) is 0 Å². The van der Waals surface area contributed by atoms with E-state index in [4.69, 9.17) is 5.11 Å². The molecule has 0 aliphatic carbocycles. The topological polar surface area (TPSA) is 85.4 Å². The lowest BCUT2D eigenvalue weighted by Gasteiger charge is -2.16. The van der Waals surface area contributed by atoms with E-state index in [2.05, 4.69) is 26.2 Å². The number of hydrogen-bond acceptors (Lipinski definition) is 2. The van der Waals surface area contributed by atoms with E-state index < -0.39 is 5.97 Å². The lowest BCUT2D eigenvalue weighted by Crippen LogP contribution is -2.39. The summed E-state index contributed by atoms with van der Waals surface area (Å²) in [4.78, 5) is 26.9. The van der Waals surface area contributed by atoms with Crippen molar-refractivity contribution in [3.63, 3.8) is 0 Å². The maximum Gasteiger partial charge on any atom is 0.317 e. The molecule has 0 fully saturated rings. The second-order valence-electron chi connectivity index (χ2n) is 5.02. The molecule has 0 radical (unpaired) electrons. The number of halogens is 1. The van der Waals surface area contributed by atoms with Crippen molar-refractivity contribution in [3.05, 3.63) is 34.4 Å². The smallest absolute Gasteiger partial charge is 0.317 e. The van der Waals surface area contributed by atoms with E-state index in [0.717, 1.165) is 20.9 Å². The van der Waals surface area contributed by atoms with Crippen LogP contribution in [0.1, 0.15) is 12.0 Å². The number of amides is 2. The van der Waals surface area contributed by atoms with Gasteiger partial charge in [0, 0.05) is 41.7 Å². The second kappa shape index (κ2) is 7.31. The summed E-state index contributed by atoms with van der Waals surface area (Å²) in [5, 5.41) is 12.5. The van der Waals surface area contributed by atoms with Crippen LogP contribution in [0.25, 0.3) is 10.9 Å². The van der Waals surface area contributed by atoms with Gasteiger partial charge in [0.05, 0.1) is 6.42 Å². The van der Waals surface area contributed by atoms with E-state index in [1.807, 2.05) is 24.4 Å². The molecule has 3 N–H and O–H groups in total. The number of nitrogens with one attached hydrogen (secondary N) is 2. The zero-order valence-electron chi connectivity index (χ0n) is 12.2. The monoisotopic (exact) mass is 367 g/mol. The second-order valence-corrected chi connectivity index (χ2v) is 5.88. The predicted molar refractivity (Wildman–Crippen MR) is 88.0 cm³/mol. The van der Waals surface area contributed by atoms with Crippen molar-refractivity contribution >= 4 is 38.8 Å². The van der Waals surface area contributed by atoms with Gasteiger partial charge in [0.15, 0.2) is 0 Å². The van der Waals surface area contributed by atoms with Gasteiger partial charge in [-0.25, -0.2) is 4.79 Å². The Bertz CT molecular complexity index is 684. The fourth-order valence-electron chi connectivity index (χ4n) is 2.21. The molecular weight excluding hydrogens is 350 g/mol.